The Kier molecular flexibility index (Phi) is 53.2. The van der Waals surface area contributed by atoms with Gasteiger partial charge in [0.25, 0.3) is 0 Å². The Bertz CT molecular complexity index is 2720. The van der Waals surface area contributed by atoms with Gasteiger partial charge < -0.3 is 98.7 Å². The van der Waals surface area contributed by atoms with Crippen LogP contribution in [0.4, 0.5) is 24.0 Å². The lowest BCUT2D eigenvalue weighted by Gasteiger charge is -2.29. The van der Waals surface area contributed by atoms with Crippen molar-refractivity contribution in [3.05, 3.63) is 71.8 Å². The lowest BCUT2D eigenvalue weighted by Crippen LogP contribution is -2.59. The number of nitrogens with zero attached hydrogens (tertiary/aromatic N) is 2. The molecule has 30 nitrogen and oxygen atoms in total. The lowest BCUT2D eigenvalue weighted by molar-refractivity contribution is -0.150. The monoisotopic (exact) mass is 1510 g/mol. The van der Waals surface area contributed by atoms with Crippen LogP contribution in [-0.4, -0.2) is 226 Å². The molecule has 7 N–H and O–H groups in total. The molecule has 2 aromatic rings. The maximum Gasteiger partial charge on any atom is 0.516 e. The molecule has 2 fully saturated rings. The smallest absolute Gasteiger partial charge is 0.480 e. The van der Waals surface area contributed by atoms with Crippen molar-refractivity contribution in [2.75, 3.05) is 106 Å². The molecule has 32 heteroatoms. The number of hydrogen-bond acceptors (Lipinski definition) is 25. The molecule has 0 bridgehead atoms. The third-order valence-corrected chi connectivity index (χ3v) is 12.1. The van der Waals surface area contributed by atoms with Crippen molar-refractivity contribution in [3.8, 4) is 0 Å². The number of nitrogens with one attached hydrogen (secondary N) is 4. The summed E-state index contributed by atoms with van der Waals surface area (Å²) in [4.78, 5) is 119. The average Bonchev–Trinajstić information content (AvgIpc) is 0.959. The largest absolute Gasteiger partial charge is 0.516 e. The summed E-state index contributed by atoms with van der Waals surface area (Å²) in [5.74, 6) is -3.15. The van der Waals surface area contributed by atoms with E-state index in [0.717, 1.165) is 63.7 Å². The van der Waals surface area contributed by atoms with E-state index in [1.54, 1.807) is 76.2 Å². The number of rotatable bonds is 23. The van der Waals surface area contributed by atoms with Crippen molar-refractivity contribution in [1.82, 2.24) is 31.1 Å². The fraction of sp³-hybridized carbons (Fsp3) is 0.690. The molecule has 2 atom stereocenters. The zero-order valence-electron chi connectivity index (χ0n) is 65.1. The number of amides is 4. The first-order valence-electron chi connectivity index (χ1n) is 33.6. The molecule has 0 saturated carbocycles. The van der Waals surface area contributed by atoms with Gasteiger partial charge in [-0.2, -0.15) is 0 Å². The number of benzene rings is 2. The highest BCUT2D eigenvalue weighted by Gasteiger charge is 2.37. The highest BCUT2D eigenvalue weighted by atomic mass is 35.5. The van der Waals surface area contributed by atoms with Gasteiger partial charge in [0.05, 0.1) is 79.3 Å². The Labute approximate surface area is 621 Å². The van der Waals surface area contributed by atoms with E-state index in [2.05, 4.69) is 54.6 Å². The summed E-state index contributed by atoms with van der Waals surface area (Å²) in [6.07, 6.45) is -3.33. The van der Waals surface area contributed by atoms with E-state index in [4.69, 9.17) is 69.8 Å². The van der Waals surface area contributed by atoms with Crippen molar-refractivity contribution in [3.63, 3.8) is 0 Å². The number of alkyl carbamates (subject to hydrolysis) is 3. The second-order valence-electron chi connectivity index (χ2n) is 28.3. The molecule has 594 valence electrons. The predicted octanol–water partition coefficient (Wildman–Crippen LogP) is 9.98. The van der Waals surface area contributed by atoms with Gasteiger partial charge in [0, 0.05) is 37.8 Å². The molecule has 2 aliphatic rings. The Balaban J connectivity index is -0.000000587. The Hall–Kier alpha value is -7.16. The van der Waals surface area contributed by atoms with E-state index < -0.39 is 105 Å². The van der Waals surface area contributed by atoms with Crippen molar-refractivity contribution >= 4 is 83.7 Å². The number of hydrogen-bond donors (Lipinski definition) is 6. The quantitative estimate of drug-likeness (QED) is 0.0261. The minimum absolute atomic E-state index is 0. The Morgan fingerprint density at radius 1 is 0.515 bits per heavy atom. The molecule has 0 aliphatic carbocycles. The van der Waals surface area contributed by atoms with Crippen molar-refractivity contribution in [1.29, 1.82) is 0 Å². The number of carboxylic acids is 1. The fourth-order valence-electron chi connectivity index (χ4n) is 6.66. The summed E-state index contributed by atoms with van der Waals surface area (Å²) in [7, 11) is 4.23. The van der Waals surface area contributed by atoms with Crippen molar-refractivity contribution < 1.29 is 110 Å². The van der Waals surface area contributed by atoms with Crippen LogP contribution in [0.1, 0.15) is 157 Å². The van der Waals surface area contributed by atoms with Gasteiger partial charge in [-0.15, -0.1) is 12.4 Å². The van der Waals surface area contributed by atoms with Crippen LogP contribution >= 0.6 is 24.0 Å². The number of nitrogens with two attached hydrogens (primary N) is 1. The molecule has 103 heavy (non-hydrogen) atoms. The third-order valence-electron chi connectivity index (χ3n) is 12.0. The highest BCUT2D eigenvalue weighted by molar-refractivity contribution is 6.61. The van der Waals surface area contributed by atoms with E-state index in [9.17, 15) is 47.9 Å². The Morgan fingerprint density at radius 2 is 0.864 bits per heavy atom. The highest BCUT2D eigenvalue weighted by Crippen LogP contribution is 2.15. The molecule has 2 saturated heterocycles. The molecule has 4 amide bonds. The van der Waals surface area contributed by atoms with Gasteiger partial charge in [-0.1, -0.05) is 88.4 Å². The van der Waals surface area contributed by atoms with E-state index in [1.165, 1.54) is 41.5 Å². The van der Waals surface area contributed by atoms with Crippen LogP contribution < -0.4 is 27.0 Å². The molecular weight excluding hydrogens is 1390 g/mol. The van der Waals surface area contributed by atoms with Crippen LogP contribution in [-0.2, 0) is 94.0 Å². The van der Waals surface area contributed by atoms with Gasteiger partial charge in [0.15, 0.2) is 6.04 Å². The molecule has 2 aliphatic heterocycles. The van der Waals surface area contributed by atoms with Crippen LogP contribution in [0.15, 0.2) is 60.7 Å². The van der Waals surface area contributed by atoms with Crippen LogP contribution in [0, 0.1) is 11.8 Å². The van der Waals surface area contributed by atoms with Gasteiger partial charge in [-0.25, -0.2) is 38.4 Å². The van der Waals surface area contributed by atoms with E-state index >= 15 is 0 Å². The number of carbonyl (C=O) groups excluding carboxylic acids is 9. The molecule has 2 aromatic carbocycles. The molecule has 0 unspecified atom stereocenters. The summed E-state index contributed by atoms with van der Waals surface area (Å²) >= 11 is 4.86. The summed E-state index contributed by atoms with van der Waals surface area (Å²) in [5.41, 5.74) is 0.770. The van der Waals surface area contributed by atoms with Crippen molar-refractivity contribution in [2.45, 2.75) is 204 Å². The van der Waals surface area contributed by atoms with Crippen molar-refractivity contribution in [2.24, 2.45) is 17.6 Å². The van der Waals surface area contributed by atoms with E-state index in [-0.39, 0.29) is 51.4 Å². The first-order valence-corrected chi connectivity index (χ1v) is 34.0. The predicted molar refractivity (Wildman–Crippen MR) is 392 cm³/mol. The zero-order chi connectivity index (χ0) is 79.1. The second-order valence-corrected chi connectivity index (χ2v) is 28.6. The second kappa shape index (κ2) is 53.6. The minimum atomic E-state index is -1.42. The van der Waals surface area contributed by atoms with Gasteiger partial charge in [-0.05, 0) is 155 Å². The molecule has 4 rings (SSSR count). The summed E-state index contributed by atoms with van der Waals surface area (Å²) in [5, 5.41) is 18.4. The molecule has 0 aromatic heterocycles. The standard InChI is InChI=1S/C21H32N2O6.C14H25NO6.C12H17NO3.C9H17NO4.C5H9ClO2.2C5H11NO.ClH/c1-7-28-17(24)16(14-27-13-15-11-9-8-10-12-15)22-18(25)21(5,6)23-19(26)29-20(2,3)4;1-9(2)8-19-12(18)20-10(16)14(6,7)15-11(17)21-13(3,4)5;1-2-16-12(14)11(13)9-15-8-10-6-4-3-5-7-10;1-8(2,3)14-7(13)10-9(4,5)6(11)12;1-4(2)3-8-5(6)7;2*1-6-2-4-7-5-3-6;/h8-12,16H,7,13-14H2,1-6H3,(H,22,25)(H,23,26);9H,8H2,1-7H3,(H,15,17);3-7,11H,2,8-9,13H2,1H3;1-5H3,(H,10,13)(H,11,12);4H,3H2,1-2H3;2*2-5H2,1H3;1H/t16-;;11-;;;;;/m1.1...../s1. The van der Waals surface area contributed by atoms with Crippen LogP contribution in [0.5, 0.6) is 0 Å². The van der Waals surface area contributed by atoms with Gasteiger partial charge in [0.2, 0.25) is 5.91 Å². The number of halogens is 2. The number of carbonyl (C=O) groups is 10. The van der Waals surface area contributed by atoms with Crippen LogP contribution in [0.2, 0.25) is 0 Å². The lowest BCUT2D eigenvalue weighted by atomic mass is 10.0. The van der Waals surface area contributed by atoms with Crippen LogP contribution in [0.3, 0.4) is 0 Å². The summed E-state index contributed by atoms with van der Waals surface area (Å²) < 4.78 is 59.7. The summed E-state index contributed by atoms with van der Waals surface area (Å²) in [6.45, 7) is 44.9. The number of carboxylic acid groups (broad SMARTS) is 1. The van der Waals surface area contributed by atoms with E-state index in [0.29, 0.717) is 25.7 Å². The number of esters is 3. The number of likely N-dealkylation sites (N-methyl/N-ethyl adjacent to an activating group) is 2. The average molecular weight is 1510 g/mol. The molecule has 0 radical (unpaired) electrons. The Morgan fingerprint density at radius 3 is 1.18 bits per heavy atom. The SMILES string of the molecule is CC(C)(C)OC(=O)NC(C)(C)C(=O)O.CC(C)COC(=O)Cl.CC(C)COC(=O)OC(=O)C(C)(C)NC(=O)OC(C)(C)C.CCOC(=O)[C@@H](COCc1ccccc1)NC(=O)C(C)(C)NC(=O)OC(C)(C)C.CCOC(=O)[C@H](N)COCc1ccccc1.CN1CCOCC1.CN1CCOCC1.Cl. The number of ether oxygens (including phenoxy) is 12. The number of morpholine rings is 2. The molecular formula is C71H123Cl2N7O23. The zero-order valence-corrected chi connectivity index (χ0v) is 66.7. The molecule has 0 spiro atoms. The van der Waals surface area contributed by atoms with Gasteiger partial charge in [-0.3, -0.25) is 9.59 Å². The first-order chi connectivity index (χ1) is 47.0. The van der Waals surface area contributed by atoms with Gasteiger partial charge in [0.1, 0.15) is 39.5 Å². The fourth-order valence-corrected chi connectivity index (χ4v) is 6.72. The third kappa shape index (κ3) is 59.9. The summed E-state index contributed by atoms with van der Waals surface area (Å²) in [6, 6.07) is 17.5. The first kappa shape index (κ1) is 102. The normalized spacial score (nSPS) is 13.7. The van der Waals surface area contributed by atoms with Crippen LogP contribution in [0.25, 0.3) is 0 Å². The topological polar surface area (TPSA) is 382 Å². The minimum Gasteiger partial charge on any atom is -0.480 e. The van der Waals surface area contributed by atoms with Gasteiger partial charge >= 0.3 is 53.7 Å². The maximum atomic E-state index is 12.7. The molecule has 2 heterocycles. The maximum absolute atomic E-state index is 12.7. The number of aliphatic carboxylic acids is 1. The van der Waals surface area contributed by atoms with E-state index in [1.807, 2.05) is 88.4 Å².